The first-order valence-corrected chi connectivity index (χ1v) is 8.97. The second-order valence-corrected chi connectivity index (χ2v) is 7.05. The van der Waals surface area contributed by atoms with Gasteiger partial charge in [-0.3, -0.25) is 9.36 Å². The molecule has 2 aromatic heterocycles. The molecule has 4 rings (SSSR count). The average Bonchev–Trinajstić information content (AvgIpc) is 3.13. The molecule has 5 nitrogen and oxygen atoms in total. The predicted molar refractivity (Wildman–Crippen MR) is 104 cm³/mol. The molecule has 0 unspecified atom stereocenters. The van der Waals surface area contributed by atoms with Gasteiger partial charge in [-0.2, -0.15) is 0 Å². The summed E-state index contributed by atoms with van der Waals surface area (Å²) >= 11 is 3.64. The van der Waals surface area contributed by atoms with E-state index in [1.807, 2.05) is 49.6 Å². The van der Waals surface area contributed by atoms with Crippen LogP contribution in [0.3, 0.4) is 0 Å². The third kappa shape index (κ3) is 2.49. The Balaban J connectivity index is 2.07. The van der Waals surface area contributed by atoms with Crippen LogP contribution in [0.5, 0.6) is 0 Å². The lowest BCUT2D eigenvalue weighted by molar-refractivity contribution is 0.112. The Labute approximate surface area is 158 Å². The highest BCUT2D eigenvalue weighted by atomic mass is 79.9. The fourth-order valence-electron chi connectivity index (χ4n) is 3.39. The van der Waals surface area contributed by atoms with Gasteiger partial charge in [-0.15, -0.1) is 0 Å². The lowest BCUT2D eigenvalue weighted by Gasteiger charge is -2.10. The van der Waals surface area contributed by atoms with Gasteiger partial charge in [0.15, 0.2) is 6.29 Å². The number of hydrogen-bond donors (Lipinski definition) is 0. The molecule has 4 aromatic rings. The number of nitrogens with zero attached hydrogens (tertiary/aromatic N) is 3. The Morgan fingerprint density at radius 3 is 2.62 bits per heavy atom. The van der Waals surface area contributed by atoms with Crippen LogP contribution < -0.4 is 0 Å². The van der Waals surface area contributed by atoms with Crippen molar-refractivity contribution in [2.45, 2.75) is 20.8 Å². The summed E-state index contributed by atoms with van der Waals surface area (Å²) in [4.78, 5) is 16.2. The first-order valence-electron chi connectivity index (χ1n) is 8.17. The van der Waals surface area contributed by atoms with Crippen molar-refractivity contribution in [2.24, 2.45) is 0 Å². The molecule has 0 atom stereocenters. The van der Waals surface area contributed by atoms with Gasteiger partial charge in [0.2, 0.25) is 0 Å². The minimum atomic E-state index is 0.619. The molecule has 0 radical (unpaired) electrons. The molecule has 0 fully saturated rings. The fraction of sp³-hybridized carbons (Fsp3) is 0.150. The van der Waals surface area contributed by atoms with Crippen LogP contribution in [0.15, 0.2) is 45.4 Å². The van der Waals surface area contributed by atoms with Crippen molar-refractivity contribution >= 4 is 33.2 Å². The number of para-hydroxylation sites is 1. The van der Waals surface area contributed by atoms with Gasteiger partial charge in [0, 0.05) is 15.6 Å². The van der Waals surface area contributed by atoms with E-state index < -0.39 is 0 Å². The maximum Gasteiger partial charge on any atom is 0.152 e. The molecule has 0 bridgehead atoms. The zero-order valence-electron chi connectivity index (χ0n) is 14.6. The van der Waals surface area contributed by atoms with Crippen LogP contribution in [-0.2, 0) is 0 Å². The molecule has 0 aliphatic heterocycles. The molecule has 0 N–H and O–H groups in total. The number of rotatable bonds is 3. The zero-order chi connectivity index (χ0) is 18.4. The van der Waals surface area contributed by atoms with Gasteiger partial charge in [0.25, 0.3) is 0 Å². The van der Waals surface area contributed by atoms with Crippen molar-refractivity contribution in [3.05, 3.63) is 63.7 Å². The first kappa shape index (κ1) is 16.7. The first-order chi connectivity index (χ1) is 12.5. The molecule has 2 heterocycles. The van der Waals surface area contributed by atoms with E-state index >= 15 is 0 Å². The Hall–Kier alpha value is -2.73. The molecule has 0 spiro atoms. The highest BCUT2D eigenvalue weighted by molar-refractivity contribution is 9.10. The summed E-state index contributed by atoms with van der Waals surface area (Å²) in [6.07, 6.45) is 0.869. The molecule has 0 saturated carbocycles. The Morgan fingerprint density at radius 1 is 1.15 bits per heavy atom. The van der Waals surface area contributed by atoms with Crippen molar-refractivity contribution < 1.29 is 9.32 Å². The second kappa shape index (κ2) is 6.21. The molecule has 0 amide bonds. The molecule has 2 aromatic carbocycles. The summed E-state index contributed by atoms with van der Waals surface area (Å²) in [5, 5.41) is 4.06. The van der Waals surface area contributed by atoms with Crippen LogP contribution in [0.25, 0.3) is 27.8 Å². The summed E-state index contributed by atoms with van der Waals surface area (Å²) in [5.74, 6) is 1.58. The largest absolute Gasteiger partial charge is 0.361 e. The lowest BCUT2D eigenvalue weighted by Crippen LogP contribution is -2.01. The number of hydrogen-bond acceptors (Lipinski definition) is 4. The normalized spacial score (nSPS) is 11.2. The van der Waals surface area contributed by atoms with E-state index in [0.717, 1.165) is 55.9 Å². The predicted octanol–water partition coefficient (Wildman–Crippen LogP) is 5.18. The van der Waals surface area contributed by atoms with Crippen LogP contribution in [0.2, 0.25) is 0 Å². The van der Waals surface area contributed by atoms with Crippen molar-refractivity contribution in [1.29, 1.82) is 0 Å². The second-order valence-electron chi connectivity index (χ2n) is 6.20. The molecular formula is C20H16BrN3O2. The van der Waals surface area contributed by atoms with Gasteiger partial charge in [0.05, 0.1) is 16.9 Å². The highest BCUT2D eigenvalue weighted by Crippen LogP contribution is 2.35. The van der Waals surface area contributed by atoms with Crippen LogP contribution in [0, 0.1) is 20.8 Å². The summed E-state index contributed by atoms with van der Waals surface area (Å²) in [6.45, 7) is 5.76. The minimum Gasteiger partial charge on any atom is -0.361 e. The van der Waals surface area contributed by atoms with Gasteiger partial charge in [-0.1, -0.05) is 17.3 Å². The molecule has 0 saturated heterocycles. The lowest BCUT2D eigenvalue weighted by atomic mass is 10.0. The van der Waals surface area contributed by atoms with Crippen molar-refractivity contribution in [3.63, 3.8) is 0 Å². The van der Waals surface area contributed by atoms with Crippen LogP contribution in [-0.4, -0.2) is 21.0 Å². The number of aldehydes is 1. The molecule has 6 heteroatoms. The number of halogens is 1. The Kier molecular flexibility index (Phi) is 4.00. The molecular weight excluding hydrogens is 394 g/mol. The minimum absolute atomic E-state index is 0.619. The third-order valence-corrected chi connectivity index (χ3v) is 5.11. The van der Waals surface area contributed by atoms with Gasteiger partial charge in [0.1, 0.15) is 17.1 Å². The summed E-state index contributed by atoms with van der Waals surface area (Å²) < 4.78 is 8.21. The average molecular weight is 410 g/mol. The maximum absolute atomic E-state index is 11.5. The molecule has 26 heavy (non-hydrogen) atoms. The van der Waals surface area contributed by atoms with Crippen molar-refractivity contribution in [3.8, 4) is 16.8 Å². The summed E-state index contributed by atoms with van der Waals surface area (Å²) in [5.41, 5.74) is 6.00. The monoisotopic (exact) mass is 409 g/mol. The van der Waals surface area contributed by atoms with E-state index in [1.54, 1.807) is 6.07 Å². The summed E-state index contributed by atoms with van der Waals surface area (Å²) in [7, 11) is 0. The van der Waals surface area contributed by atoms with Gasteiger partial charge < -0.3 is 4.52 Å². The number of carbonyl (C=O) groups is 1. The number of aryl methyl sites for hydroxylation is 3. The standard InChI is InChI=1S/C20H16BrN3O2/c1-11-19(12(2)26-23-11)15-8-16(21)20-18(9-15)24(13(3)22-20)17-7-5-4-6-14(17)10-25/h4-10H,1-3H3. The van der Waals surface area contributed by atoms with Gasteiger partial charge in [-0.25, -0.2) is 4.98 Å². The number of aromatic nitrogens is 3. The van der Waals surface area contributed by atoms with Gasteiger partial charge in [-0.05, 0) is 66.5 Å². The van der Waals surface area contributed by atoms with Crippen LogP contribution in [0.1, 0.15) is 27.6 Å². The number of fused-ring (bicyclic) bond motifs is 1. The molecule has 0 aliphatic rings. The van der Waals surface area contributed by atoms with E-state index in [1.165, 1.54) is 0 Å². The van der Waals surface area contributed by atoms with E-state index in [2.05, 4.69) is 27.2 Å². The topological polar surface area (TPSA) is 60.9 Å². The van der Waals surface area contributed by atoms with Crippen molar-refractivity contribution in [1.82, 2.24) is 14.7 Å². The smallest absolute Gasteiger partial charge is 0.152 e. The van der Waals surface area contributed by atoms with E-state index in [0.29, 0.717) is 5.56 Å². The fourth-order valence-corrected chi connectivity index (χ4v) is 3.92. The third-order valence-electron chi connectivity index (χ3n) is 4.51. The number of benzene rings is 2. The van der Waals surface area contributed by atoms with E-state index in [4.69, 9.17) is 9.51 Å². The van der Waals surface area contributed by atoms with Crippen LogP contribution >= 0.6 is 15.9 Å². The van der Waals surface area contributed by atoms with Crippen LogP contribution in [0.4, 0.5) is 0 Å². The Bertz CT molecular complexity index is 1140. The van der Waals surface area contributed by atoms with E-state index in [-0.39, 0.29) is 0 Å². The molecule has 0 aliphatic carbocycles. The highest BCUT2D eigenvalue weighted by Gasteiger charge is 2.18. The van der Waals surface area contributed by atoms with E-state index in [9.17, 15) is 4.79 Å². The SMILES string of the molecule is Cc1noc(C)c1-c1cc(Br)c2nc(C)n(-c3ccccc3C=O)c2c1. The number of imidazole rings is 1. The van der Waals surface area contributed by atoms with Gasteiger partial charge >= 0.3 is 0 Å². The molecule has 130 valence electrons. The number of carbonyl (C=O) groups excluding carboxylic acids is 1. The summed E-state index contributed by atoms with van der Waals surface area (Å²) in [6, 6.07) is 11.6. The van der Waals surface area contributed by atoms with Crippen molar-refractivity contribution in [2.75, 3.05) is 0 Å². The quantitative estimate of drug-likeness (QED) is 0.437. The maximum atomic E-state index is 11.5. The Morgan fingerprint density at radius 2 is 1.92 bits per heavy atom. The zero-order valence-corrected chi connectivity index (χ0v) is 16.2.